The van der Waals surface area contributed by atoms with E-state index in [-0.39, 0.29) is 5.56 Å². The molecule has 0 aliphatic carbocycles. The maximum atomic E-state index is 14.9. The van der Waals surface area contributed by atoms with E-state index in [4.69, 9.17) is 16.0 Å². The molecule has 2 aliphatic rings. The molecule has 0 amide bonds. The average molecular weight is 470 g/mol. The first-order valence-corrected chi connectivity index (χ1v) is 11.5. The quantitative estimate of drug-likeness (QED) is 0.423. The van der Waals surface area contributed by atoms with Crippen LogP contribution in [0.1, 0.15) is 0 Å². The number of piperazine rings is 1. The second-order valence-corrected chi connectivity index (χ2v) is 9.02. The number of nitrogens with one attached hydrogen (secondary N) is 1. The van der Waals surface area contributed by atoms with Gasteiger partial charge in [-0.2, -0.15) is 5.10 Å². The Morgan fingerprint density at radius 3 is 2.91 bits per heavy atom. The van der Waals surface area contributed by atoms with Crippen LogP contribution in [0.25, 0.3) is 38.1 Å². The van der Waals surface area contributed by atoms with Crippen molar-refractivity contribution in [2.24, 2.45) is 0 Å². The van der Waals surface area contributed by atoms with E-state index in [1.54, 1.807) is 18.2 Å². The summed E-state index contributed by atoms with van der Waals surface area (Å²) in [6, 6.07) is 14.7. The maximum Gasteiger partial charge on any atom is 0.197 e. The van der Waals surface area contributed by atoms with Gasteiger partial charge in [-0.15, -0.1) is 0 Å². The molecule has 1 N–H and O–H groups in total. The van der Waals surface area contributed by atoms with Gasteiger partial charge in [0.2, 0.25) is 0 Å². The Bertz CT molecular complexity index is 1490. The minimum Gasteiger partial charge on any atom is -0.496 e. The van der Waals surface area contributed by atoms with Gasteiger partial charge in [0.05, 0.1) is 36.6 Å². The molecule has 0 saturated carbocycles. The first-order valence-electron chi connectivity index (χ1n) is 11.5. The van der Waals surface area contributed by atoms with Crippen LogP contribution in [0.5, 0.6) is 11.5 Å². The van der Waals surface area contributed by atoms with E-state index in [0.29, 0.717) is 35.2 Å². The summed E-state index contributed by atoms with van der Waals surface area (Å²) in [5.74, 6) is 0.777. The number of fused-ring (bicyclic) bond motifs is 4. The Morgan fingerprint density at radius 1 is 1.20 bits per heavy atom. The number of H-pyrrole nitrogens is 1. The summed E-state index contributed by atoms with van der Waals surface area (Å²) in [6.07, 6.45) is 0. The highest BCUT2D eigenvalue weighted by molar-refractivity contribution is 6.01. The van der Waals surface area contributed by atoms with Gasteiger partial charge < -0.3 is 19.3 Å². The van der Waals surface area contributed by atoms with Gasteiger partial charge >= 0.3 is 0 Å². The standard InChI is InChI=1S/C27H24FN5O2/c1-29-21-13-22-19(12-18(21)26-20(28)5-4-6-24(26)34-3)27(31-30-22)16-7-8-23-25(11-16)35-15-17-14-32(2)9-10-33(17)23/h4-8,11-13,17H,9-10,14-15H2,2-3H3,(H,30,31). The fourth-order valence-electron chi connectivity index (χ4n) is 5.17. The fraction of sp³-hybridized carbons (Fsp3) is 0.259. The number of nitrogens with zero attached hydrogens (tertiary/aromatic N) is 4. The number of likely N-dealkylation sites (N-methyl/N-ethyl adjacent to an activating group) is 1. The first-order chi connectivity index (χ1) is 17.1. The summed E-state index contributed by atoms with van der Waals surface area (Å²) < 4.78 is 26.5. The van der Waals surface area contributed by atoms with Crippen LogP contribution < -0.4 is 14.4 Å². The number of hydrogen-bond acceptors (Lipinski definition) is 5. The van der Waals surface area contributed by atoms with E-state index in [0.717, 1.165) is 47.7 Å². The number of hydrogen-bond donors (Lipinski definition) is 1. The minimum absolute atomic E-state index is 0.268. The SMILES string of the molecule is [C-]#[N+]c1cc2[nH]nc(-c3ccc4c(c3)OCC3CN(C)CCN43)c2cc1-c1c(F)cccc1OC. The van der Waals surface area contributed by atoms with Crippen molar-refractivity contribution in [2.75, 3.05) is 45.3 Å². The molecule has 8 heteroatoms. The van der Waals surface area contributed by atoms with Crippen molar-refractivity contribution in [3.05, 3.63) is 65.8 Å². The van der Waals surface area contributed by atoms with Crippen LogP contribution in [0.4, 0.5) is 15.8 Å². The lowest BCUT2D eigenvalue weighted by Crippen LogP contribution is -2.56. The van der Waals surface area contributed by atoms with Crippen LogP contribution in [0.15, 0.2) is 48.5 Å². The van der Waals surface area contributed by atoms with Crippen LogP contribution in [0.3, 0.4) is 0 Å². The third-order valence-corrected chi connectivity index (χ3v) is 6.92. The fourth-order valence-corrected chi connectivity index (χ4v) is 5.17. The van der Waals surface area contributed by atoms with Gasteiger partial charge in [-0.3, -0.25) is 5.10 Å². The molecule has 4 aromatic rings. The van der Waals surface area contributed by atoms with Gasteiger partial charge in [0, 0.05) is 36.1 Å². The number of aromatic nitrogens is 2. The van der Waals surface area contributed by atoms with Crippen molar-refractivity contribution in [3.8, 4) is 33.9 Å². The van der Waals surface area contributed by atoms with Crippen LogP contribution in [-0.2, 0) is 0 Å². The molecule has 0 radical (unpaired) electrons. The molecule has 0 bridgehead atoms. The monoisotopic (exact) mass is 469 g/mol. The molecule has 35 heavy (non-hydrogen) atoms. The predicted octanol–water partition coefficient (Wildman–Crippen LogP) is 5.11. The van der Waals surface area contributed by atoms with Crippen LogP contribution >= 0.6 is 0 Å². The second kappa shape index (κ2) is 8.29. The number of rotatable bonds is 3. The molecule has 1 atom stereocenters. The normalized spacial score (nSPS) is 17.4. The Labute approximate surface area is 202 Å². The number of methoxy groups -OCH3 is 1. The molecule has 3 aromatic carbocycles. The van der Waals surface area contributed by atoms with E-state index in [1.165, 1.54) is 13.2 Å². The lowest BCUT2D eigenvalue weighted by molar-refractivity contribution is 0.188. The zero-order valence-electron chi connectivity index (χ0n) is 19.5. The zero-order chi connectivity index (χ0) is 24.1. The molecule has 2 aliphatic heterocycles. The van der Waals surface area contributed by atoms with E-state index in [1.807, 2.05) is 18.2 Å². The van der Waals surface area contributed by atoms with Gasteiger partial charge in [-0.1, -0.05) is 18.2 Å². The number of aromatic amines is 1. The summed E-state index contributed by atoms with van der Waals surface area (Å²) >= 11 is 0. The van der Waals surface area contributed by atoms with Crippen LogP contribution in [0, 0.1) is 12.4 Å². The zero-order valence-corrected chi connectivity index (χ0v) is 19.5. The summed E-state index contributed by atoms with van der Waals surface area (Å²) in [6.45, 7) is 11.3. The summed E-state index contributed by atoms with van der Waals surface area (Å²) in [5, 5.41) is 8.39. The van der Waals surface area contributed by atoms with Crippen molar-refractivity contribution < 1.29 is 13.9 Å². The molecule has 176 valence electrons. The van der Waals surface area contributed by atoms with Crippen molar-refractivity contribution in [1.29, 1.82) is 0 Å². The molecule has 1 fully saturated rings. The van der Waals surface area contributed by atoms with Gasteiger partial charge in [-0.25, -0.2) is 9.24 Å². The lowest BCUT2D eigenvalue weighted by Gasteiger charge is -2.44. The van der Waals surface area contributed by atoms with Crippen LogP contribution in [0.2, 0.25) is 0 Å². The highest BCUT2D eigenvalue weighted by Gasteiger charge is 2.32. The molecule has 6 rings (SSSR count). The Morgan fingerprint density at radius 2 is 2.09 bits per heavy atom. The Kier molecular flexibility index (Phi) is 5.08. The third kappa shape index (κ3) is 3.47. The first kappa shape index (κ1) is 21.4. The molecular weight excluding hydrogens is 445 g/mol. The highest BCUT2D eigenvalue weighted by atomic mass is 19.1. The number of anilines is 1. The van der Waals surface area contributed by atoms with E-state index in [9.17, 15) is 4.39 Å². The molecule has 1 aromatic heterocycles. The van der Waals surface area contributed by atoms with Gasteiger partial charge in [0.1, 0.15) is 23.9 Å². The number of halogens is 1. The summed E-state index contributed by atoms with van der Waals surface area (Å²) in [5.41, 5.74) is 4.49. The predicted molar refractivity (Wildman–Crippen MR) is 134 cm³/mol. The Hall–Kier alpha value is -4.09. The van der Waals surface area contributed by atoms with Gasteiger partial charge in [-0.05, 0) is 42.9 Å². The lowest BCUT2D eigenvalue weighted by atomic mass is 9.97. The van der Waals surface area contributed by atoms with E-state index >= 15 is 0 Å². The molecular formula is C27H24FN5O2. The van der Waals surface area contributed by atoms with Crippen molar-refractivity contribution in [1.82, 2.24) is 15.1 Å². The van der Waals surface area contributed by atoms with E-state index in [2.05, 4.69) is 38.0 Å². The summed E-state index contributed by atoms with van der Waals surface area (Å²) in [4.78, 5) is 8.41. The average Bonchev–Trinajstić information content (AvgIpc) is 3.30. The maximum absolute atomic E-state index is 14.9. The van der Waals surface area contributed by atoms with Gasteiger partial charge in [0.15, 0.2) is 5.69 Å². The molecule has 7 nitrogen and oxygen atoms in total. The highest BCUT2D eigenvalue weighted by Crippen LogP contribution is 2.43. The molecule has 1 unspecified atom stereocenters. The van der Waals surface area contributed by atoms with Gasteiger partial charge in [0.25, 0.3) is 0 Å². The second-order valence-electron chi connectivity index (χ2n) is 9.02. The largest absolute Gasteiger partial charge is 0.496 e. The van der Waals surface area contributed by atoms with Crippen molar-refractivity contribution >= 4 is 22.3 Å². The van der Waals surface area contributed by atoms with Crippen molar-refractivity contribution in [3.63, 3.8) is 0 Å². The van der Waals surface area contributed by atoms with Crippen molar-refractivity contribution in [2.45, 2.75) is 6.04 Å². The minimum atomic E-state index is -0.442. The Balaban J connectivity index is 1.46. The third-order valence-electron chi connectivity index (χ3n) is 6.92. The summed E-state index contributed by atoms with van der Waals surface area (Å²) in [7, 11) is 3.64. The molecule has 3 heterocycles. The molecule has 0 spiro atoms. The van der Waals surface area contributed by atoms with Crippen LogP contribution in [-0.4, -0.2) is 61.5 Å². The smallest absolute Gasteiger partial charge is 0.197 e. The van der Waals surface area contributed by atoms with E-state index < -0.39 is 5.82 Å². The number of benzene rings is 3. The molecule has 1 saturated heterocycles. The number of ether oxygens (including phenoxy) is 2. The topological polar surface area (TPSA) is 58.0 Å².